The van der Waals surface area contributed by atoms with Crippen LogP contribution in [0.5, 0.6) is 0 Å². The molecule has 0 radical (unpaired) electrons. The van der Waals surface area contributed by atoms with Crippen molar-refractivity contribution in [1.82, 2.24) is 14.8 Å². The number of hydroxylamine groups is 2. The topological polar surface area (TPSA) is 47.4 Å². The largest absolute Gasteiger partial charge is 0.280 e. The number of nitrogens with zero attached hydrogens (tertiary/aromatic N) is 3. The summed E-state index contributed by atoms with van der Waals surface area (Å²) in [6.07, 6.45) is 1.74. The Hall–Kier alpha value is -2.63. The highest BCUT2D eigenvalue weighted by atomic mass is 35.5. The zero-order valence-corrected chi connectivity index (χ0v) is 14.8. The predicted octanol–water partition coefficient (Wildman–Crippen LogP) is 3.89. The molecule has 0 unspecified atom stereocenters. The number of rotatable bonds is 5. The van der Waals surface area contributed by atoms with Crippen molar-refractivity contribution in [1.29, 1.82) is 0 Å². The SMILES string of the molecule is CON(C)C(=O)c1cn(Cc2ccccc2)nc1-c1ccc(Cl)cc1. The molecule has 2 aromatic carbocycles. The zero-order chi connectivity index (χ0) is 17.8. The van der Waals surface area contributed by atoms with E-state index in [1.165, 1.54) is 12.2 Å². The average molecular weight is 356 g/mol. The van der Waals surface area contributed by atoms with Crippen molar-refractivity contribution in [3.8, 4) is 11.3 Å². The number of halogens is 1. The third-order valence-corrected chi connectivity index (χ3v) is 4.11. The Morgan fingerprint density at radius 3 is 2.48 bits per heavy atom. The molecule has 6 heteroatoms. The van der Waals surface area contributed by atoms with E-state index in [1.54, 1.807) is 30.1 Å². The Bertz CT molecular complexity index is 860. The molecule has 0 N–H and O–H groups in total. The minimum Gasteiger partial charge on any atom is -0.274 e. The summed E-state index contributed by atoms with van der Waals surface area (Å²) in [7, 11) is 3.02. The summed E-state index contributed by atoms with van der Waals surface area (Å²) in [6.45, 7) is 0.575. The second-order valence-electron chi connectivity index (χ2n) is 5.57. The van der Waals surface area contributed by atoms with Crippen molar-refractivity contribution in [3.05, 3.63) is 76.9 Å². The third-order valence-electron chi connectivity index (χ3n) is 3.86. The number of amides is 1. The number of hydrogen-bond acceptors (Lipinski definition) is 3. The monoisotopic (exact) mass is 355 g/mol. The van der Waals surface area contributed by atoms with Crippen LogP contribution in [-0.4, -0.2) is 34.9 Å². The number of carbonyl (C=O) groups is 1. The first-order valence-electron chi connectivity index (χ1n) is 7.78. The van der Waals surface area contributed by atoms with E-state index in [0.717, 1.165) is 11.1 Å². The van der Waals surface area contributed by atoms with Crippen LogP contribution in [0.15, 0.2) is 60.8 Å². The van der Waals surface area contributed by atoms with Crippen LogP contribution in [0.4, 0.5) is 0 Å². The standard InChI is InChI=1S/C19H18ClN3O2/c1-22(25-2)19(24)17-13-23(12-14-6-4-3-5-7-14)21-18(17)15-8-10-16(20)11-9-15/h3-11,13H,12H2,1-2H3. The van der Waals surface area contributed by atoms with Crippen LogP contribution in [0.3, 0.4) is 0 Å². The molecule has 1 amide bonds. The second-order valence-corrected chi connectivity index (χ2v) is 6.00. The molecule has 0 spiro atoms. The molecule has 0 fully saturated rings. The minimum absolute atomic E-state index is 0.258. The lowest BCUT2D eigenvalue weighted by atomic mass is 10.1. The molecule has 0 saturated heterocycles. The Balaban J connectivity index is 2.01. The summed E-state index contributed by atoms with van der Waals surface area (Å²) in [5.41, 5.74) is 3.00. The molecular formula is C19H18ClN3O2. The van der Waals surface area contributed by atoms with Gasteiger partial charge in [0.15, 0.2) is 0 Å². The van der Waals surface area contributed by atoms with Crippen LogP contribution in [-0.2, 0) is 11.4 Å². The van der Waals surface area contributed by atoms with Gasteiger partial charge in [-0.1, -0.05) is 54.1 Å². The predicted molar refractivity (Wildman–Crippen MR) is 97.3 cm³/mol. The van der Waals surface area contributed by atoms with E-state index in [9.17, 15) is 4.79 Å². The fourth-order valence-electron chi connectivity index (χ4n) is 2.50. The van der Waals surface area contributed by atoms with E-state index in [4.69, 9.17) is 16.4 Å². The fraction of sp³-hybridized carbons (Fsp3) is 0.158. The third kappa shape index (κ3) is 3.90. The number of benzene rings is 2. The van der Waals surface area contributed by atoms with Gasteiger partial charge in [0, 0.05) is 23.8 Å². The Morgan fingerprint density at radius 2 is 1.84 bits per heavy atom. The van der Waals surface area contributed by atoms with Gasteiger partial charge in [0.2, 0.25) is 0 Å². The highest BCUT2D eigenvalue weighted by molar-refractivity contribution is 6.30. The fourth-order valence-corrected chi connectivity index (χ4v) is 2.63. The highest BCUT2D eigenvalue weighted by Gasteiger charge is 2.21. The smallest absolute Gasteiger partial charge is 0.274 e. The minimum atomic E-state index is -0.258. The van der Waals surface area contributed by atoms with Gasteiger partial charge in [-0.25, -0.2) is 5.06 Å². The molecule has 25 heavy (non-hydrogen) atoms. The van der Waals surface area contributed by atoms with Crippen molar-refractivity contribution >= 4 is 17.5 Å². The van der Waals surface area contributed by atoms with Gasteiger partial charge in [0.05, 0.1) is 19.2 Å². The molecule has 0 atom stereocenters. The lowest BCUT2D eigenvalue weighted by Crippen LogP contribution is -2.25. The molecule has 5 nitrogen and oxygen atoms in total. The summed E-state index contributed by atoms with van der Waals surface area (Å²) < 4.78 is 1.76. The first-order valence-corrected chi connectivity index (χ1v) is 8.16. The van der Waals surface area contributed by atoms with Crippen molar-refractivity contribution in [3.63, 3.8) is 0 Å². The molecule has 3 aromatic rings. The quantitative estimate of drug-likeness (QED) is 0.652. The molecule has 0 bridgehead atoms. The number of aromatic nitrogens is 2. The zero-order valence-electron chi connectivity index (χ0n) is 14.0. The maximum Gasteiger partial charge on any atom is 0.280 e. The lowest BCUT2D eigenvalue weighted by molar-refractivity contribution is -0.0756. The van der Waals surface area contributed by atoms with E-state index in [2.05, 4.69) is 5.10 Å². The maximum atomic E-state index is 12.6. The first kappa shape index (κ1) is 17.2. The van der Waals surface area contributed by atoms with Gasteiger partial charge >= 0.3 is 0 Å². The van der Waals surface area contributed by atoms with Crippen LogP contribution < -0.4 is 0 Å². The average Bonchev–Trinajstić information content (AvgIpc) is 3.05. The molecule has 0 saturated carbocycles. The van der Waals surface area contributed by atoms with E-state index >= 15 is 0 Å². The molecule has 1 aromatic heterocycles. The van der Waals surface area contributed by atoms with Crippen molar-refractivity contribution in [2.75, 3.05) is 14.2 Å². The molecule has 1 heterocycles. The van der Waals surface area contributed by atoms with Crippen molar-refractivity contribution in [2.24, 2.45) is 0 Å². The van der Waals surface area contributed by atoms with Gasteiger partial charge in [-0.2, -0.15) is 5.10 Å². The molecule has 0 aliphatic heterocycles. The van der Waals surface area contributed by atoms with E-state index in [-0.39, 0.29) is 5.91 Å². The van der Waals surface area contributed by atoms with Crippen LogP contribution >= 0.6 is 11.6 Å². The van der Waals surface area contributed by atoms with Crippen molar-refractivity contribution < 1.29 is 9.63 Å². The number of carbonyl (C=O) groups excluding carboxylic acids is 1. The van der Waals surface area contributed by atoms with Gasteiger partial charge in [0.25, 0.3) is 5.91 Å². The normalized spacial score (nSPS) is 10.7. The first-order chi connectivity index (χ1) is 12.1. The Morgan fingerprint density at radius 1 is 1.16 bits per heavy atom. The van der Waals surface area contributed by atoms with Gasteiger partial charge in [-0.3, -0.25) is 14.3 Å². The highest BCUT2D eigenvalue weighted by Crippen LogP contribution is 2.25. The Labute approximate surface area is 151 Å². The van der Waals surface area contributed by atoms with Crippen LogP contribution in [0.2, 0.25) is 5.02 Å². The van der Waals surface area contributed by atoms with Crippen molar-refractivity contribution in [2.45, 2.75) is 6.54 Å². The molecule has 0 aliphatic rings. The van der Waals surface area contributed by atoms with E-state index in [0.29, 0.717) is 22.8 Å². The summed E-state index contributed by atoms with van der Waals surface area (Å²) >= 11 is 5.97. The van der Waals surface area contributed by atoms with Gasteiger partial charge in [0.1, 0.15) is 5.69 Å². The van der Waals surface area contributed by atoms with Gasteiger partial charge in [-0.15, -0.1) is 0 Å². The summed E-state index contributed by atoms with van der Waals surface area (Å²) in [6, 6.07) is 17.2. The molecule has 128 valence electrons. The lowest BCUT2D eigenvalue weighted by Gasteiger charge is -2.13. The van der Waals surface area contributed by atoms with Gasteiger partial charge in [-0.05, 0) is 17.7 Å². The van der Waals surface area contributed by atoms with E-state index < -0.39 is 0 Å². The van der Waals surface area contributed by atoms with Crippen LogP contribution in [0.25, 0.3) is 11.3 Å². The van der Waals surface area contributed by atoms with Gasteiger partial charge < -0.3 is 0 Å². The molecular weight excluding hydrogens is 338 g/mol. The van der Waals surface area contributed by atoms with E-state index in [1.807, 2.05) is 42.5 Å². The van der Waals surface area contributed by atoms with Crippen LogP contribution in [0, 0.1) is 0 Å². The molecule has 3 rings (SSSR count). The summed E-state index contributed by atoms with van der Waals surface area (Å²) in [4.78, 5) is 17.7. The maximum absolute atomic E-state index is 12.6. The van der Waals surface area contributed by atoms with Crippen LogP contribution in [0.1, 0.15) is 15.9 Å². The summed E-state index contributed by atoms with van der Waals surface area (Å²) in [5, 5.41) is 6.43. The summed E-state index contributed by atoms with van der Waals surface area (Å²) in [5.74, 6) is -0.258. The Kier molecular flexibility index (Phi) is 5.16. The second kappa shape index (κ2) is 7.51. The number of hydrogen-bond donors (Lipinski definition) is 0. The molecule has 0 aliphatic carbocycles.